The molecule has 2 aliphatic heterocycles. The van der Waals surface area contributed by atoms with Gasteiger partial charge < -0.3 is 19.5 Å². The van der Waals surface area contributed by atoms with Gasteiger partial charge in [-0.05, 0) is 51.1 Å². The maximum atomic E-state index is 10.5. The van der Waals surface area contributed by atoms with Gasteiger partial charge in [-0.25, -0.2) is 0 Å². The molecular weight excluding hydrogens is 254 g/mol. The highest BCUT2D eigenvalue weighted by molar-refractivity contribution is 5.43. The Labute approximate surface area is 120 Å². The fraction of sp³-hybridized carbons (Fsp3) is 0.625. The van der Waals surface area contributed by atoms with Crippen LogP contribution >= 0.6 is 0 Å². The van der Waals surface area contributed by atoms with Gasteiger partial charge in [0.25, 0.3) is 0 Å². The van der Waals surface area contributed by atoms with Crippen LogP contribution in [0.4, 0.5) is 0 Å². The van der Waals surface area contributed by atoms with Crippen molar-refractivity contribution >= 4 is 0 Å². The van der Waals surface area contributed by atoms with Crippen LogP contribution in [0.2, 0.25) is 0 Å². The van der Waals surface area contributed by atoms with Gasteiger partial charge in [0.1, 0.15) is 17.1 Å². The average Bonchev–Trinajstić information content (AvgIpc) is 2.61. The number of rotatable bonds is 1. The number of aliphatic hydroxyl groups excluding tert-OH is 1. The Kier molecular flexibility index (Phi) is 3.61. The quantitative estimate of drug-likeness (QED) is 0.855. The summed E-state index contributed by atoms with van der Waals surface area (Å²) in [7, 11) is 3.79. The lowest BCUT2D eigenvalue weighted by Gasteiger charge is -2.40. The third-order valence-electron chi connectivity index (χ3n) is 4.59. The van der Waals surface area contributed by atoms with Gasteiger partial charge >= 0.3 is 0 Å². The molecule has 1 aromatic rings. The summed E-state index contributed by atoms with van der Waals surface area (Å²) < 4.78 is 11.5. The van der Waals surface area contributed by atoms with Crippen molar-refractivity contribution in [2.75, 3.05) is 27.2 Å². The zero-order valence-corrected chi connectivity index (χ0v) is 12.3. The van der Waals surface area contributed by atoms with E-state index in [0.29, 0.717) is 6.42 Å². The van der Waals surface area contributed by atoms with Gasteiger partial charge in [-0.1, -0.05) is 0 Å². The molecule has 0 bridgehead atoms. The molecule has 20 heavy (non-hydrogen) atoms. The largest absolute Gasteiger partial charge is 0.497 e. The zero-order valence-electron chi connectivity index (χ0n) is 12.3. The number of fused-ring (bicyclic) bond motifs is 1. The second-order valence-corrected chi connectivity index (χ2v) is 6.07. The SMILES string of the molecule is COc1ccc2c(c1)[C@@H](O)CC1(CCCN(C)CC1)O2. The van der Waals surface area contributed by atoms with E-state index in [2.05, 4.69) is 11.9 Å². The molecular formula is C16H23NO3. The van der Waals surface area contributed by atoms with Gasteiger partial charge in [0.05, 0.1) is 13.2 Å². The van der Waals surface area contributed by atoms with Gasteiger partial charge in [-0.3, -0.25) is 0 Å². The fourth-order valence-corrected chi connectivity index (χ4v) is 3.35. The summed E-state index contributed by atoms with van der Waals surface area (Å²) in [5.41, 5.74) is 0.652. The Morgan fingerprint density at radius 3 is 3.00 bits per heavy atom. The molecule has 1 N–H and O–H groups in total. The molecule has 1 aromatic carbocycles. The lowest BCUT2D eigenvalue weighted by atomic mass is 9.83. The van der Waals surface area contributed by atoms with E-state index in [4.69, 9.17) is 9.47 Å². The van der Waals surface area contributed by atoms with E-state index in [1.807, 2.05) is 18.2 Å². The van der Waals surface area contributed by atoms with Crippen LogP contribution in [0.25, 0.3) is 0 Å². The minimum absolute atomic E-state index is 0.203. The van der Waals surface area contributed by atoms with Crippen molar-refractivity contribution in [2.45, 2.75) is 37.4 Å². The van der Waals surface area contributed by atoms with Gasteiger partial charge in [0.15, 0.2) is 0 Å². The summed E-state index contributed by atoms with van der Waals surface area (Å²) in [4.78, 5) is 2.34. The van der Waals surface area contributed by atoms with Crippen LogP contribution in [0.3, 0.4) is 0 Å². The third kappa shape index (κ3) is 2.50. The Morgan fingerprint density at radius 1 is 1.35 bits per heavy atom. The number of hydrogen-bond donors (Lipinski definition) is 1. The number of nitrogens with zero attached hydrogens (tertiary/aromatic N) is 1. The van der Waals surface area contributed by atoms with E-state index < -0.39 is 6.10 Å². The number of benzene rings is 1. The van der Waals surface area contributed by atoms with Crippen LogP contribution in [-0.4, -0.2) is 42.9 Å². The first kappa shape index (κ1) is 13.7. The normalized spacial score (nSPS) is 30.4. The number of ether oxygens (including phenoxy) is 2. The van der Waals surface area contributed by atoms with Gasteiger partial charge in [-0.2, -0.15) is 0 Å². The van der Waals surface area contributed by atoms with Crippen molar-refractivity contribution in [3.05, 3.63) is 23.8 Å². The first-order valence-corrected chi connectivity index (χ1v) is 7.35. The molecule has 4 heteroatoms. The van der Waals surface area contributed by atoms with Crippen molar-refractivity contribution in [3.63, 3.8) is 0 Å². The number of aliphatic hydroxyl groups is 1. The topological polar surface area (TPSA) is 41.9 Å². The molecule has 1 unspecified atom stereocenters. The molecule has 110 valence electrons. The lowest BCUT2D eigenvalue weighted by Crippen LogP contribution is -2.41. The second-order valence-electron chi connectivity index (χ2n) is 6.07. The Morgan fingerprint density at radius 2 is 2.20 bits per heavy atom. The minimum atomic E-state index is -0.461. The predicted molar refractivity (Wildman–Crippen MR) is 77.3 cm³/mol. The molecule has 2 aliphatic rings. The summed E-state index contributed by atoms with van der Waals surface area (Å²) in [5.74, 6) is 1.58. The van der Waals surface area contributed by atoms with Crippen molar-refractivity contribution in [1.82, 2.24) is 4.90 Å². The van der Waals surface area contributed by atoms with Crippen LogP contribution in [0.5, 0.6) is 11.5 Å². The molecule has 2 atom stereocenters. The summed E-state index contributed by atoms with van der Waals surface area (Å²) in [5, 5.41) is 10.5. The highest BCUT2D eigenvalue weighted by atomic mass is 16.5. The summed E-state index contributed by atoms with van der Waals surface area (Å²) >= 11 is 0. The van der Waals surface area contributed by atoms with Crippen molar-refractivity contribution in [3.8, 4) is 11.5 Å². The van der Waals surface area contributed by atoms with E-state index in [0.717, 1.165) is 49.4 Å². The maximum Gasteiger partial charge on any atom is 0.126 e. The van der Waals surface area contributed by atoms with Crippen molar-refractivity contribution in [2.24, 2.45) is 0 Å². The standard InChI is InChI=1S/C16H23NO3/c1-17-8-3-6-16(7-9-17)11-14(18)13-10-12(19-2)4-5-15(13)20-16/h4-5,10,14,18H,3,6-9,11H2,1-2H3/t14-,16?/m0/s1. The molecule has 2 heterocycles. The van der Waals surface area contributed by atoms with E-state index >= 15 is 0 Å². The molecule has 1 fully saturated rings. The molecule has 4 nitrogen and oxygen atoms in total. The van der Waals surface area contributed by atoms with Crippen LogP contribution < -0.4 is 9.47 Å². The molecule has 0 saturated carbocycles. The highest BCUT2D eigenvalue weighted by Crippen LogP contribution is 2.45. The smallest absolute Gasteiger partial charge is 0.126 e. The van der Waals surface area contributed by atoms with Crippen LogP contribution in [-0.2, 0) is 0 Å². The van der Waals surface area contributed by atoms with E-state index in [9.17, 15) is 5.11 Å². The van der Waals surface area contributed by atoms with Gasteiger partial charge in [0.2, 0.25) is 0 Å². The molecule has 3 rings (SSSR count). The molecule has 1 saturated heterocycles. The third-order valence-corrected chi connectivity index (χ3v) is 4.59. The Balaban J connectivity index is 1.88. The Hall–Kier alpha value is -1.26. The van der Waals surface area contributed by atoms with Crippen molar-refractivity contribution in [1.29, 1.82) is 0 Å². The number of methoxy groups -OCH3 is 1. The highest BCUT2D eigenvalue weighted by Gasteiger charge is 2.41. The van der Waals surface area contributed by atoms with E-state index in [-0.39, 0.29) is 5.60 Å². The maximum absolute atomic E-state index is 10.5. The van der Waals surface area contributed by atoms with E-state index in [1.54, 1.807) is 7.11 Å². The molecule has 0 aliphatic carbocycles. The lowest BCUT2D eigenvalue weighted by molar-refractivity contribution is -0.0237. The first-order chi connectivity index (χ1) is 9.62. The summed E-state index contributed by atoms with van der Waals surface area (Å²) in [6.45, 7) is 2.13. The average molecular weight is 277 g/mol. The molecule has 1 spiro atoms. The first-order valence-electron chi connectivity index (χ1n) is 7.35. The van der Waals surface area contributed by atoms with E-state index in [1.165, 1.54) is 0 Å². The van der Waals surface area contributed by atoms with Gasteiger partial charge in [-0.15, -0.1) is 0 Å². The van der Waals surface area contributed by atoms with Crippen LogP contribution in [0.15, 0.2) is 18.2 Å². The summed E-state index contributed by atoms with van der Waals surface area (Å²) in [6, 6.07) is 5.70. The molecule has 0 aromatic heterocycles. The molecule has 0 amide bonds. The fourth-order valence-electron chi connectivity index (χ4n) is 3.35. The van der Waals surface area contributed by atoms with Gasteiger partial charge in [0, 0.05) is 18.5 Å². The van der Waals surface area contributed by atoms with Crippen LogP contribution in [0.1, 0.15) is 37.4 Å². The summed E-state index contributed by atoms with van der Waals surface area (Å²) in [6.07, 6.45) is 3.33. The number of hydrogen-bond acceptors (Lipinski definition) is 4. The minimum Gasteiger partial charge on any atom is -0.497 e. The monoisotopic (exact) mass is 277 g/mol. The predicted octanol–water partition coefficient (Wildman–Crippen LogP) is 2.37. The zero-order chi connectivity index (χ0) is 14.2. The molecule has 0 radical (unpaired) electrons. The van der Waals surface area contributed by atoms with Crippen molar-refractivity contribution < 1.29 is 14.6 Å². The van der Waals surface area contributed by atoms with Crippen LogP contribution in [0, 0.1) is 0 Å². The number of likely N-dealkylation sites (tertiary alicyclic amines) is 1. The Bertz CT molecular complexity index is 491. The second kappa shape index (κ2) is 5.26.